The van der Waals surface area contributed by atoms with Crippen molar-refractivity contribution < 1.29 is 22.7 Å². The van der Waals surface area contributed by atoms with Gasteiger partial charge in [-0.05, 0) is 35.7 Å². The average molecular weight is 407 g/mol. The Morgan fingerprint density at radius 3 is 2.21 bits per heavy atom. The number of anilines is 2. The van der Waals surface area contributed by atoms with Crippen LogP contribution < -0.4 is 19.1 Å². The lowest BCUT2D eigenvalue weighted by Crippen LogP contribution is -2.37. The van der Waals surface area contributed by atoms with Crippen LogP contribution in [-0.2, 0) is 14.8 Å². The molecule has 0 atom stereocenters. The van der Waals surface area contributed by atoms with E-state index in [0.29, 0.717) is 28.8 Å². The van der Waals surface area contributed by atoms with Crippen LogP contribution in [0.15, 0.2) is 42.5 Å². The standard InChI is InChI=1S/C20H26N2O5S/c1-14(2)15-6-8-16(9-7-15)22(28(5,24)25)13-20(23)21-18-12-17(26-3)10-11-19(18)27-4/h6-12,14H,13H2,1-5H3,(H,21,23). The van der Waals surface area contributed by atoms with Crippen LogP contribution in [0.5, 0.6) is 11.5 Å². The molecule has 0 radical (unpaired) electrons. The van der Waals surface area contributed by atoms with Gasteiger partial charge in [0.15, 0.2) is 0 Å². The van der Waals surface area contributed by atoms with Gasteiger partial charge in [0.1, 0.15) is 18.0 Å². The van der Waals surface area contributed by atoms with E-state index in [1.807, 2.05) is 12.1 Å². The number of benzene rings is 2. The Morgan fingerprint density at radius 1 is 1.07 bits per heavy atom. The molecule has 28 heavy (non-hydrogen) atoms. The summed E-state index contributed by atoms with van der Waals surface area (Å²) in [5.74, 6) is 0.816. The zero-order valence-corrected chi connectivity index (χ0v) is 17.5. The second-order valence-electron chi connectivity index (χ2n) is 6.63. The first-order valence-corrected chi connectivity index (χ1v) is 10.6. The number of nitrogens with zero attached hydrogens (tertiary/aromatic N) is 1. The number of ether oxygens (including phenoxy) is 2. The second-order valence-corrected chi connectivity index (χ2v) is 8.54. The van der Waals surface area contributed by atoms with Crippen LogP contribution in [0.4, 0.5) is 11.4 Å². The zero-order chi connectivity index (χ0) is 20.9. The summed E-state index contributed by atoms with van der Waals surface area (Å²) >= 11 is 0. The van der Waals surface area contributed by atoms with Gasteiger partial charge in [-0.25, -0.2) is 8.42 Å². The lowest BCUT2D eigenvalue weighted by molar-refractivity contribution is -0.114. The highest BCUT2D eigenvalue weighted by Crippen LogP contribution is 2.29. The molecule has 0 aromatic heterocycles. The van der Waals surface area contributed by atoms with Gasteiger partial charge in [-0.3, -0.25) is 9.10 Å². The first-order valence-electron chi connectivity index (χ1n) is 8.75. The Labute approximate surface area is 166 Å². The molecule has 1 N–H and O–H groups in total. The molecule has 0 heterocycles. The summed E-state index contributed by atoms with van der Waals surface area (Å²) in [6.45, 7) is 3.75. The highest BCUT2D eigenvalue weighted by atomic mass is 32.2. The van der Waals surface area contributed by atoms with Gasteiger partial charge in [0.05, 0.1) is 31.9 Å². The van der Waals surface area contributed by atoms with Crippen molar-refractivity contribution in [1.82, 2.24) is 0 Å². The molecule has 1 amide bonds. The molecule has 2 rings (SSSR count). The lowest BCUT2D eigenvalue weighted by atomic mass is 10.0. The van der Waals surface area contributed by atoms with E-state index in [4.69, 9.17) is 9.47 Å². The van der Waals surface area contributed by atoms with E-state index in [1.54, 1.807) is 30.3 Å². The molecule has 8 heteroatoms. The van der Waals surface area contributed by atoms with Crippen LogP contribution in [0, 0.1) is 0 Å². The molecule has 7 nitrogen and oxygen atoms in total. The Hall–Kier alpha value is -2.74. The molecule has 0 fully saturated rings. The van der Waals surface area contributed by atoms with E-state index in [9.17, 15) is 13.2 Å². The number of carbonyl (C=O) groups excluding carboxylic acids is 1. The maximum atomic E-state index is 12.6. The minimum atomic E-state index is -3.65. The van der Waals surface area contributed by atoms with Crippen LogP contribution >= 0.6 is 0 Å². The van der Waals surface area contributed by atoms with E-state index in [0.717, 1.165) is 16.1 Å². The van der Waals surface area contributed by atoms with Gasteiger partial charge in [-0.15, -0.1) is 0 Å². The van der Waals surface area contributed by atoms with Crippen LogP contribution in [0.3, 0.4) is 0 Å². The number of hydrogen-bond acceptors (Lipinski definition) is 5. The van der Waals surface area contributed by atoms with Crippen molar-refractivity contribution in [2.45, 2.75) is 19.8 Å². The van der Waals surface area contributed by atoms with Gasteiger partial charge in [0.25, 0.3) is 0 Å². The van der Waals surface area contributed by atoms with Gasteiger partial charge in [-0.2, -0.15) is 0 Å². The van der Waals surface area contributed by atoms with Gasteiger partial charge in [-0.1, -0.05) is 26.0 Å². The molecule has 0 aliphatic rings. The van der Waals surface area contributed by atoms with Crippen molar-refractivity contribution in [3.63, 3.8) is 0 Å². The maximum absolute atomic E-state index is 12.6. The highest BCUT2D eigenvalue weighted by molar-refractivity contribution is 7.92. The van der Waals surface area contributed by atoms with Crippen LogP contribution in [0.25, 0.3) is 0 Å². The van der Waals surface area contributed by atoms with E-state index >= 15 is 0 Å². The first-order chi connectivity index (χ1) is 13.2. The lowest BCUT2D eigenvalue weighted by Gasteiger charge is -2.22. The molecule has 0 saturated heterocycles. The summed E-state index contributed by atoms with van der Waals surface area (Å²) in [5, 5.41) is 2.69. The third kappa shape index (κ3) is 5.39. The molecule has 0 spiro atoms. The third-order valence-corrected chi connectivity index (χ3v) is 5.36. The highest BCUT2D eigenvalue weighted by Gasteiger charge is 2.22. The number of methoxy groups -OCH3 is 2. The average Bonchev–Trinajstić information content (AvgIpc) is 2.65. The number of amides is 1. The Bertz CT molecular complexity index is 924. The predicted molar refractivity (Wildman–Crippen MR) is 111 cm³/mol. The fourth-order valence-electron chi connectivity index (χ4n) is 2.66. The fraction of sp³-hybridized carbons (Fsp3) is 0.350. The maximum Gasteiger partial charge on any atom is 0.245 e. The van der Waals surface area contributed by atoms with Crippen molar-refractivity contribution in [2.24, 2.45) is 0 Å². The minimum Gasteiger partial charge on any atom is -0.497 e. The fourth-order valence-corrected chi connectivity index (χ4v) is 3.51. The van der Waals surface area contributed by atoms with E-state index in [1.165, 1.54) is 14.2 Å². The molecule has 0 bridgehead atoms. The van der Waals surface area contributed by atoms with E-state index in [-0.39, 0.29) is 6.54 Å². The summed E-state index contributed by atoms with van der Waals surface area (Å²) in [6.07, 6.45) is 1.07. The van der Waals surface area contributed by atoms with E-state index in [2.05, 4.69) is 19.2 Å². The molecule has 0 aliphatic carbocycles. The number of carbonyl (C=O) groups is 1. The van der Waals surface area contributed by atoms with Crippen molar-refractivity contribution >= 4 is 27.3 Å². The Balaban J connectivity index is 2.25. The molecule has 152 valence electrons. The molecular weight excluding hydrogens is 380 g/mol. The number of nitrogens with one attached hydrogen (secondary N) is 1. The molecule has 0 unspecified atom stereocenters. The molecular formula is C20H26N2O5S. The molecule has 0 aliphatic heterocycles. The minimum absolute atomic E-state index is 0.324. The second kappa shape index (κ2) is 8.97. The van der Waals surface area contributed by atoms with Crippen molar-refractivity contribution in [3.05, 3.63) is 48.0 Å². The van der Waals surface area contributed by atoms with Crippen LogP contribution in [0.1, 0.15) is 25.3 Å². The van der Waals surface area contributed by atoms with Crippen LogP contribution in [-0.4, -0.2) is 41.3 Å². The van der Waals surface area contributed by atoms with Crippen molar-refractivity contribution in [2.75, 3.05) is 36.6 Å². The molecule has 0 saturated carbocycles. The van der Waals surface area contributed by atoms with Gasteiger partial charge in [0.2, 0.25) is 15.9 Å². The number of hydrogen-bond donors (Lipinski definition) is 1. The summed E-state index contributed by atoms with van der Waals surface area (Å²) < 4.78 is 36.0. The topological polar surface area (TPSA) is 84.9 Å². The summed E-state index contributed by atoms with van der Waals surface area (Å²) in [7, 11) is -0.654. The summed E-state index contributed by atoms with van der Waals surface area (Å²) in [5.41, 5.74) is 1.91. The summed E-state index contributed by atoms with van der Waals surface area (Å²) in [6, 6.07) is 12.1. The largest absolute Gasteiger partial charge is 0.497 e. The number of sulfonamides is 1. The van der Waals surface area contributed by atoms with Crippen LogP contribution in [0.2, 0.25) is 0 Å². The van der Waals surface area contributed by atoms with Gasteiger partial charge >= 0.3 is 0 Å². The van der Waals surface area contributed by atoms with Gasteiger partial charge in [0, 0.05) is 6.07 Å². The van der Waals surface area contributed by atoms with Crippen molar-refractivity contribution in [3.8, 4) is 11.5 Å². The normalized spacial score (nSPS) is 11.2. The monoisotopic (exact) mass is 406 g/mol. The van der Waals surface area contributed by atoms with Gasteiger partial charge < -0.3 is 14.8 Å². The molecule has 2 aromatic rings. The smallest absolute Gasteiger partial charge is 0.245 e. The van der Waals surface area contributed by atoms with Crippen molar-refractivity contribution in [1.29, 1.82) is 0 Å². The zero-order valence-electron chi connectivity index (χ0n) is 16.7. The summed E-state index contributed by atoms with van der Waals surface area (Å²) in [4.78, 5) is 12.6. The first kappa shape index (κ1) is 21.6. The quantitative estimate of drug-likeness (QED) is 0.727. The Morgan fingerprint density at radius 2 is 1.71 bits per heavy atom. The third-order valence-electron chi connectivity index (χ3n) is 4.22. The number of rotatable bonds is 8. The predicted octanol–water partition coefficient (Wildman–Crippen LogP) is 3.23. The molecule has 2 aromatic carbocycles. The Kier molecular flexibility index (Phi) is 6.90. The SMILES string of the molecule is COc1ccc(OC)c(NC(=O)CN(c2ccc(C(C)C)cc2)S(C)(=O)=O)c1. The van der Waals surface area contributed by atoms with E-state index < -0.39 is 15.9 Å².